The Balaban J connectivity index is 0.000000464. The van der Waals surface area contributed by atoms with Crippen LogP contribution < -0.4 is 9.69 Å². The van der Waals surface area contributed by atoms with Crippen molar-refractivity contribution in [2.24, 2.45) is 22.7 Å². The molecule has 1 N–H and O–H groups in total. The molecule has 5 rings (SSSR count). The Kier molecular flexibility index (Phi) is 16.9. The zero-order chi connectivity index (χ0) is 41.6. The maximum atomic E-state index is 11.7. The zero-order valence-corrected chi connectivity index (χ0v) is 41.7. The number of nitrogens with zero attached hydrogens (tertiary/aromatic N) is 1. The number of aryl methyl sites for hydroxylation is 1. The number of thiophene rings is 1. The molecule has 6 heteroatoms. The molecule has 2 aromatic heterocycles. The first kappa shape index (κ1) is 48.5. The van der Waals surface area contributed by atoms with Crippen molar-refractivity contribution < 1.29 is 30.0 Å². The summed E-state index contributed by atoms with van der Waals surface area (Å²) in [5, 5.41) is 15.1. The van der Waals surface area contributed by atoms with Crippen molar-refractivity contribution in [3.05, 3.63) is 102 Å². The minimum absolute atomic E-state index is 0. The third-order valence-electron chi connectivity index (χ3n) is 11.2. The van der Waals surface area contributed by atoms with Crippen LogP contribution in [0.15, 0.2) is 84.8 Å². The molecule has 0 amide bonds. The Morgan fingerprint density at radius 3 is 1.86 bits per heavy atom. The summed E-state index contributed by atoms with van der Waals surface area (Å²) in [6, 6.07) is 31.0. The summed E-state index contributed by atoms with van der Waals surface area (Å²) >= 11 is 2.03. The van der Waals surface area contributed by atoms with Crippen molar-refractivity contribution in [2.45, 2.75) is 140 Å². The number of benzene rings is 3. The molecule has 0 aliphatic rings. The molecule has 57 heavy (non-hydrogen) atoms. The molecule has 0 atom stereocenters. The maximum absolute atomic E-state index is 11.7. The van der Waals surface area contributed by atoms with Gasteiger partial charge in [0.05, 0.1) is 5.76 Å². The van der Waals surface area contributed by atoms with Gasteiger partial charge in [-0.1, -0.05) is 155 Å². The topological polar surface area (TPSA) is 50.2 Å². The number of rotatable bonds is 12. The van der Waals surface area contributed by atoms with Gasteiger partial charge >= 0.3 is 0 Å². The van der Waals surface area contributed by atoms with E-state index in [1.165, 1.54) is 44.8 Å². The molecule has 0 unspecified atom stereocenters. The largest absolute Gasteiger partial charge is 0.512 e. The summed E-state index contributed by atoms with van der Waals surface area (Å²) < 4.78 is 2.93. The van der Waals surface area contributed by atoms with E-state index in [4.69, 9.17) is 4.98 Å². The summed E-state index contributed by atoms with van der Waals surface area (Å²) in [4.78, 5) is 16.8. The van der Waals surface area contributed by atoms with Gasteiger partial charge in [0.1, 0.15) is 8.07 Å². The van der Waals surface area contributed by atoms with E-state index in [-0.39, 0.29) is 59.7 Å². The number of ketones is 1. The molecule has 5 aromatic rings. The molecule has 0 spiro atoms. The van der Waals surface area contributed by atoms with Crippen LogP contribution in [0.1, 0.15) is 127 Å². The average molecular weight is 981 g/mol. The van der Waals surface area contributed by atoms with Gasteiger partial charge in [0.25, 0.3) is 0 Å². The predicted octanol–water partition coefficient (Wildman–Crippen LogP) is 14.0. The Hall–Kier alpha value is -2.89. The number of aliphatic hydroxyl groups is 1. The first-order valence-electron chi connectivity index (χ1n) is 21.0. The van der Waals surface area contributed by atoms with Crippen LogP contribution in [0.5, 0.6) is 0 Å². The van der Waals surface area contributed by atoms with E-state index in [1.54, 1.807) is 9.69 Å². The number of fused-ring (bicyclic) bond motifs is 2. The van der Waals surface area contributed by atoms with Crippen LogP contribution in [-0.2, 0) is 30.3 Å². The second-order valence-corrected chi connectivity index (χ2v) is 24.7. The third kappa shape index (κ3) is 11.9. The van der Waals surface area contributed by atoms with Gasteiger partial charge in [-0.2, -0.15) is 11.3 Å². The number of pyridine rings is 1. The first-order chi connectivity index (χ1) is 26.2. The van der Waals surface area contributed by atoms with Gasteiger partial charge in [0.2, 0.25) is 0 Å². The number of hydrogen-bond acceptors (Lipinski definition) is 4. The molecule has 0 bridgehead atoms. The second kappa shape index (κ2) is 19.9. The van der Waals surface area contributed by atoms with Crippen LogP contribution in [0.25, 0.3) is 32.1 Å². The molecular weight excluding hydrogens is 911 g/mol. The molecule has 3 nitrogen and oxygen atoms in total. The average Bonchev–Trinajstić information content (AvgIpc) is 3.47. The summed E-state index contributed by atoms with van der Waals surface area (Å²) in [5.74, 6) is 0.547. The van der Waals surface area contributed by atoms with E-state index in [9.17, 15) is 9.90 Å². The SMILES string of the molecule is CCC(CC)C(=O)/C=C(\O)C(CC)CC.Cc1c([Si](CC(C)(C)C)(CC(C)(C)C)c2ccccc2)sc2c(-c3[c-]c4ccccc4c(C(C)(C)C)c3)nccc12.[Ir]. The number of allylic oxidation sites excluding steroid dienone is 2. The van der Waals surface area contributed by atoms with Crippen molar-refractivity contribution in [1.82, 2.24) is 4.98 Å². The van der Waals surface area contributed by atoms with Gasteiger partial charge < -0.3 is 5.11 Å². The van der Waals surface area contributed by atoms with Crippen LogP contribution in [-0.4, -0.2) is 23.9 Å². The van der Waals surface area contributed by atoms with Gasteiger partial charge in [-0.25, -0.2) is 0 Å². The van der Waals surface area contributed by atoms with E-state index in [0.29, 0.717) is 0 Å². The number of carbonyl (C=O) groups excluding carboxylic acids is 1. The third-order valence-corrected chi connectivity index (χ3v) is 19.8. The molecule has 2 heterocycles. The van der Waals surface area contributed by atoms with E-state index < -0.39 is 8.07 Å². The van der Waals surface area contributed by atoms with Crippen molar-refractivity contribution in [2.75, 3.05) is 0 Å². The van der Waals surface area contributed by atoms with Crippen molar-refractivity contribution in [3.63, 3.8) is 0 Å². The van der Waals surface area contributed by atoms with Gasteiger partial charge in [0, 0.05) is 54.6 Å². The van der Waals surface area contributed by atoms with Crippen LogP contribution >= 0.6 is 11.3 Å². The Bertz CT molecular complexity index is 2090. The van der Waals surface area contributed by atoms with Gasteiger partial charge in [0.15, 0.2) is 5.78 Å². The van der Waals surface area contributed by atoms with Crippen LogP contribution in [0.3, 0.4) is 0 Å². The summed E-state index contributed by atoms with van der Waals surface area (Å²) in [7, 11) is -2.17. The van der Waals surface area contributed by atoms with Crippen LogP contribution in [0, 0.1) is 35.7 Å². The Morgan fingerprint density at radius 1 is 0.789 bits per heavy atom. The monoisotopic (exact) mass is 981 g/mol. The van der Waals surface area contributed by atoms with E-state index in [0.717, 1.165) is 42.3 Å². The van der Waals surface area contributed by atoms with E-state index in [1.807, 2.05) is 45.2 Å². The molecular formula is C51H70IrNO2SSi-. The van der Waals surface area contributed by atoms with Crippen LogP contribution in [0.2, 0.25) is 12.1 Å². The summed E-state index contributed by atoms with van der Waals surface area (Å²) in [6.45, 7) is 31.9. The Labute approximate surface area is 364 Å². The minimum atomic E-state index is -2.17. The minimum Gasteiger partial charge on any atom is -0.512 e. The van der Waals surface area contributed by atoms with Crippen molar-refractivity contribution in [1.29, 1.82) is 0 Å². The fourth-order valence-corrected chi connectivity index (χ4v) is 18.0. The van der Waals surface area contributed by atoms with Crippen LogP contribution in [0.4, 0.5) is 0 Å². The van der Waals surface area contributed by atoms with E-state index >= 15 is 0 Å². The molecule has 1 radical (unpaired) electrons. The summed E-state index contributed by atoms with van der Waals surface area (Å²) in [6.07, 6.45) is 6.92. The molecule has 0 saturated heterocycles. The predicted molar refractivity (Wildman–Crippen MR) is 249 cm³/mol. The normalized spacial score (nSPS) is 12.9. The Morgan fingerprint density at radius 2 is 1.33 bits per heavy atom. The zero-order valence-electron chi connectivity index (χ0n) is 37.4. The number of hydrogen-bond donors (Lipinski definition) is 1. The molecule has 0 aliphatic carbocycles. The fraction of sp³-hybridized carbons (Fsp3) is 0.490. The number of aromatic nitrogens is 1. The molecule has 311 valence electrons. The van der Waals surface area contributed by atoms with Crippen molar-refractivity contribution in [3.8, 4) is 11.3 Å². The first-order valence-corrected chi connectivity index (χ1v) is 24.3. The molecule has 0 aliphatic heterocycles. The maximum Gasteiger partial charge on any atom is 0.162 e. The molecule has 0 saturated carbocycles. The van der Waals surface area contributed by atoms with Gasteiger partial charge in [-0.3, -0.25) is 9.78 Å². The van der Waals surface area contributed by atoms with E-state index in [2.05, 4.69) is 142 Å². The smallest absolute Gasteiger partial charge is 0.162 e. The van der Waals surface area contributed by atoms with Crippen molar-refractivity contribution >= 4 is 55.7 Å². The van der Waals surface area contributed by atoms with Gasteiger partial charge in [-0.15, -0.1) is 29.1 Å². The standard InChI is InChI=1S/C38H46NSSi.C13H24O2.Ir/c1-26-30-20-21-39-33(28-22-27-16-14-15-19-31(27)32(23-28)38(8,9)10)34(30)40-35(26)41(24-36(2,3)4,25-37(5,6)7)29-17-12-11-13-18-29;1-5-10(6-2)12(14)9-13(15)11(7-3)8-4;/h11-21,23H,24-25H2,1-10H3;9-11,14H,5-8H2,1-4H3;/q-1;;/b;12-9-;. The number of aliphatic hydroxyl groups excluding tert-OH is 1. The quantitative estimate of drug-likeness (QED) is 0.0586. The van der Waals surface area contributed by atoms with Gasteiger partial charge in [-0.05, 0) is 82.5 Å². The molecule has 3 aromatic carbocycles. The molecule has 0 fully saturated rings. The second-order valence-electron chi connectivity index (χ2n) is 19.4. The summed E-state index contributed by atoms with van der Waals surface area (Å²) in [5.41, 5.74) is 5.42. The fourth-order valence-electron chi connectivity index (χ4n) is 8.68. The number of carbonyl (C=O) groups is 1.